The predicted octanol–water partition coefficient (Wildman–Crippen LogP) is 4.74. The van der Waals surface area contributed by atoms with Crippen LogP contribution in [0.15, 0.2) is 89.9 Å². The lowest BCUT2D eigenvalue weighted by Crippen LogP contribution is -2.13. The van der Waals surface area contributed by atoms with Crippen LogP contribution in [0, 0.1) is 0 Å². The van der Waals surface area contributed by atoms with Gasteiger partial charge in [-0.3, -0.25) is 14.0 Å². The van der Waals surface area contributed by atoms with Crippen molar-refractivity contribution in [2.75, 3.05) is 5.32 Å². The molecular weight excluding hydrogens is 410 g/mol. The zero-order chi connectivity index (χ0) is 21.2. The molecule has 1 amide bonds. The number of nitrogens with one attached hydrogen (secondary N) is 1. The van der Waals surface area contributed by atoms with E-state index in [1.165, 1.54) is 15.7 Å². The van der Waals surface area contributed by atoms with Crippen LogP contribution in [0.4, 0.5) is 5.69 Å². The standard InChI is InChI=1S/C24H17N3O3S/c28-22(20-14-19-23(31-20)26-21-8-4-5-13-27(21)24(19)29)25-17-9-11-18(12-10-17)30-15-16-6-2-1-3-7-16/h1-14H,15H2,(H,25,28). The molecule has 0 aliphatic carbocycles. The number of carbonyl (C=O) groups is 1. The molecule has 5 rings (SSSR count). The highest BCUT2D eigenvalue weighted by atomic mass is 32.1. The largest absolute Gasteiger partial charge is 0.489 e. The molecule has 0 fully saturated rings. The third kappa shape index (κ3) is 3.91. The number of nitrogens with zero attached hydrogens (tertiary/aromatic N) is 2. The summed E-state index contributed by atoms with van der Waals surface area (Å²) in [7, 11) is 0. The number of pyridine rings is 1. The molecule has 0 saturated heterocycles. The zero-order valence-electron chi connectivity index (χ0n) is 16.3. The van der Waals surface area contributed by atoms with Crippen molar-refractivity contribution < 1.29 is 9.53 Å². The van der Waals surface area contributed by atoms with E-state index in [0.717, 1.165) is 5.56 Å². The second-order valence-corrected chi connectivity index (χ2v) is 7.96. The summed E-state index contributed by atoms with van der Waals surface area (Å²) >= 11 is 1.20. The molecule has 31 heavy (non-hydrogen) atoms. The molecule has 5 aromatic rings. The van der Waals surface area contributed by atoms with Crippen LogP contribution in [0.25, 0.3) is 15.9 Å². The van der Waals surface area contributed by atoms with Crippen LogP contribution < -0.4 is 15.6 Å². The fourth-order valence-corrected chi connectivity index (χ4v) is 4.15. The molecule has 0 aliphatic rings. The molecule has 6 nitrogen and oxygen atoms in total. The summed E-state index contributed by atoms with van der Waals surface area (Å²) in [5.41, 5.74) is 2.10. The van der Waals surface area contributed by atoms with E-state index in [0.29, 0.717) is 38.8 Å². The van der Waals surface area contributed by atoms with Crippen molar-refractivity contribution in [3.8, 4) is 5.75 Å². The third-order valence-corrected chi connectivity index (χ3v) is 5.83. The molecule has 3 heterocycles. The van der Waals surface area contributed by atoms with Gasteiger partial charge >= 0.3 is 0 Å². The number of aromatic nitrogens is 2. The van der Waals surface area contributed by atoms with Crippen LogP contribution >= 0.6 is 11.3 Å². The summed E-state index contributed by atoms with van der Waals surface area (Å²) in [6, 6.07) is 24.1. The maximum atomic E-state index is 12.7. The summed E-state index contributed by atoms with van der Waals surface area (Å²) in [5.74, 6) is 0.432. The predicted molar refractivity (Wildman–Crippen MR) is 122 cm³/mol. The molecule has 3 aromatic heterocycles. The van der Waals surface area contributed by atoms with Crippen molar-refractivity contribution in [2.45, 2.75) is 6.61 Å². The monoisotopic (exact) mass is 427 g/mol. The number of rotatable bonds is 5. The Labute approximate surface area is 181 Å². The minimum absolute atomic E-state index is 0.184. The molecule has 0 atom stereocenters. The van der Waals surface area contributed by atoms with Crippen molar-refractivity contribution in [1.29, 1.82) is 0 Å². The van der Waals surface area contributed by atoms with Crippen LogP contribution in [-0.4, -0.2) is 15.3 Å². The second-order valence-electron chi connectivity index (χ2n) is 6.93. The van der Waals surface area contributed by atoms with Gasteiger partial charge in [0.2, 0.25) is 0 Å². The highest BCUT2D eigenvalue weighted by Gasteiger charge is 2.15. The van der Waals surface area contributed by atoms with Gasteiger partial charge in [0, 0.05) is 11.9 Å². The van der Waals surface area contributed by atoms with E-state index >= 15 is 0 Å². The zero-order valence-corrected chi connectivity index (χ0v) is 17.1. The third-order valence-electron chi connectivity index (χ3n) is 4.80. The first-order chi connectivity index (χ1) is 15.2. The normalized spacial score (nSPS) is 11.0. The highest BCUT2D eigenvalue weighted by Crippen LogP contribution is 2.24. The van der Waals surface area contributed by atoms with E-state index < -0.39 is 0 Å². The van der Waals surface area contributed by atoms with Crippen LogP contribution in [0.3, 0.4) is 0 Å². The number of amides is 1. The lowest BCUT2D eigenvalue weighted by atomic mass is 10.2. The fourth-order valence-electron chi connectivity index (χ4n) is 3.23. The van der Waals surface area contributed by atoms with Crippen molar-refractivity contribution >= 4 is 38.8 Å². The summed E-state index contributed by atoms with van der Waals surface area (Å²) in [6.45, 7) is 0.477. The SMILES string of the molecule is O=C(Nc1ccc(OCc2ccccc2)cc1)c1cc2c(=O)n3ccccc3nc2s1. The first-order valence-corrected chi connectivity index (χ1v) is 10.5. The van der Waals surface area contributed by atoms with Crippen LogP contribution in [0.5, 0.6) is 5.75 Å². The number of ether oxygens (including phenoxy) is 1. The van der Waals surface area contributed by atoms with Crippen LogP contribution in [0.1, 0.15) is 15.2 Å². The molecule has 152 valence electrons. The molecule has 0 aliphatic heterocycles. The fraction of sp³-hybridized carbons (Fsp3) is 0.0417. The maximum Gasteiger partial charge on any atom is 0.266 e. The van der Waals surface area contributed by atoms with Crippen molar-refractivity contribution in [3.63, 3.8) is 0 Å². The van der Waals surface area contributed by atoms with Gasteiger partial charge in [0.1, 0.15) is 22.8 Å². The lowest BCUT2D eigenvalue weighted by Gasteiger charge is -2.08. The number of anilines is 1. The van der Waals surface area contributed by atoms with Gasteiger partial charge in [0.15, 0.2) is 0 Å². The minimum Gasteiger partial charge on any atom is -0.489 e. The maximum absolute atomic E-state index is 12.7. The van der Waals surface area contributed by atoms with E-state index in [4.69, 9.17) is 4.74 Å². The van der Waals surface area contributed by atoms with Gasteiger partial charge < -0.3 is 10.1 Å². The Bertz CT molecular complexity index is 1440. The van der Waals surface area contributed by atoms with Crippen molar-refractivity contribution in [2.24, 2.45) is 0 Å². The highest BCUT2D eigenvalue weighted by molar-refractivity contribution is 7.20. The number of fused-ring (bicyclic) bond motifs is 2. The molecular formula is C24H17N3O3S. The number of hydrogen-bond acceptors (Lipinski definition) is 5. The van der Waals surface area contributed by atoms with E-state index in [9.17, 15) is 9.59 Å². The van der Waals surface area contributed by atoms with Gasteiger partial charge in [-0.05, 0) is 48.0 Å². The topological polar surface area (TPSA) is 72.7 Å². The molecule has 0 bridgehead atoms. The van der Waals surface area contributed by atoms with Gasteiger partial charge in [-0.15, -0.1) is 11.3 Å². The van der Waals surface area contributed by atoms with Crippen molar-refractivity contribution in [3.05, 3.63) is 106 Å². The minimum atomic E-state index is -0.283. The summed E-state index contributed by atoms with van der Waals surface area (Å²) < 4.78 is 7.25. The Morgan fingerprint density at radius 1 is 1.00 bits per heavy atom. The Balaban J connectivity index is 1.31. The Morgan fingerprint density at radius 2 is 1.77 bits per heavy atom. The average molecular weight is 427 g/mol. The van der Waals surface area contributed by atoms with Crippen LogP contribution in [-0.2, 0) is 6.61 Å². The number of benzene rings is 2. The number of thiophene rings is 1. The lowest BCUT2D eigenvalue weighted by molar-refractivity contribution is 0.103. The molecule has 2 aromatic carbocycles. The van der Waals surface area contributed by atoms with Crippen LogP contribution in [0.2, 0.25) is 0 Å². The Kier molecular flexibility index (Phi) is 4.93. The summed E-state index contributed by atoms with van der Waals surface area (Å²) in [5, 5.41) is 3.29. The van der Waals surface area contributed by atoms with Gasteiger partial charge in [-0.2, -0.15) is 0 Å². The van der Waals surface area contributed by atoms with E-state index in [1.807, 2.05) is 48.5 Å². The van der Waals surface area contributed by atoms with Gasteiger partial charge in [-0.25, -0.2) is 4.98 Å². The average Bonchev–Trinajstić information content (AvgIpc) is 3.24. The van der Waals surface area contributed by atoms with E-state index in [-0.39, 0.29) is 11.5 Å². The molecule has 0 saturated carbocycles. The molecule has 0 spiro atoms. The van der Waals surface area contributed by atoms with Gasteiger partial charge in [-0.1, -0.05) is 36.4 Å². The van der Waals surface area contributed by atoms with Crippen molar-refractivity contribution in [1.82, 2.24) is 9.38 Å². The number of carbonyl (C=O) groups excluding carboxylic acids is 1. The molecule has 0 unspecified atom stereocenters. The van der Waals surface area contributed by atoms with E-state index in [1.54, 1.807) is 36.5 Å². The first kappa shape index (κ1) is 19.0. The second kappa shape index (κ2) is 8.04. The molecule has 1 N–H and O–H groups in total. The van der Waals surface area contributed by atoms with Gasteiger partial charge in [0.05, 0.1) is 10.3 Å². The quantitative estimate of drug-likeness (QED) is 0.440. The molecule has 7 heteroatoms. The summed E-state index contributed by atoms with van der Waals surface area (Å²) in [6.07, 6.45) is 1.67. The first-order valence-electron chi connectivity index (χ1n) is 9.66. The smallest absolute Gasteiger partial charge is 0.266 e. The Morgan fingerprint density at radius 3 is 2.58 bits per heavy atom. The number of hydrogen-bond donors (Lipinski definition) is 1. The molecule has 0 radical (unpaired) electrons. The van der Waals surface area contributed by atoms with E-state index in [2.05, 4.69) is 10.3 Å². The summed E-state index contributed by atoms with van der Waals surface area (Å²) in [4.78, 5) is 30.9. The van der Waals surface area contributed by atoms with Gasteiger partial charge in [0.25, 0.3) is 11.5 Å². The Hall–Kier alpha value is -3.97.